The summed E-state index contributed by atoms with van der Waals surface area (Å²) in [5.74, 6) is 2.71. The van der Waals surface area contributed by atoms with E-state index in [9.17, 15) is 4.79 Å². The molecule has 7 nitrogen and oxygen atoms in total. The van der Waals surface area contributed by atoms with E-state index in [1.165, 1.54) is 7.11 Å². The summed E-state index contributed by atoms with van der Waals surface area (Å²) >= 11 is 0. The van der Waals surface area contributed by atoms with Gasteiger partial charge in [-0.1, -0.05) is 6.07 Å². The van der Waals surface area contributed by atoms with Crippen molar-refractivity contribution < 1.29 is 27.8 Å². The van der Waals surface area contributed by atoms with Crippen LogP contribution < -0.4 is 9.47 Å². The lowest BCUT2D eigenvalue weighted by atomic mass is 10.2. The lowest BCUT2D eigenvalue weighted by Crippen LogP contribution is -2.22. The van der Waals surface area contributed by atoms with Gasteiger partial charge in [-0.15, -0.1) is 0 Å². The van der Waals surface area contributed by atoms with E-state index < -0.39 is 5.97 Å². The van der Waals surface area contributed by atoms with E-state index in [-0.39, 0.29) is 12.6 Å². The van der Waals surface area contributed by atoms with Crippen molar-refractivity contribution >= 4 is 5.97 Å². The van der Waals surface area contributed by atoms with Crippen LogP contribution in [0.1, 0.15) is 27.6 Å². The summed E-state index contributed by atoms with van der Waals surface area (Å²) in [6.07, 6.45) is 1.65. The average molecular weight is 369 g/mol. The maximum atomic E-state index is 11.6. The Labute approximate surface area is 156 Å². The zero-order valence-electron chi connectivity index (χ0n) is 14.8. The van der Waals surface area contributed by atoms with Crippen LogP contribution in [0.3, 0.4) is 0 Å². The van der Waals surface area contributed by atoms with E-state index >= 15 is 0 Å². The summed E-state index contributed by atoms with van der Waals surface area (Å²) in [6, 6.07) is 13.1. The largest absolute Gasteiger partial charge is 0.468 e. The van der Waals surface area contributed by atoms with E-state index in [1.54, 1.807) is 18.4 Å². The molecule has 0 saturated heterocycles. The maximum absolute atomic E-state index is 11.6. The van der Waals surface area contributed by atoms with Crippen LogP contribution in [0, 0.1) is 0 Å². The zero-order chi connectivity index (χ0) is 18.6. The molecule has 0 fully saturated rings. The minimum absolute atomic E-state index is 0.188. The van der Waals surface area contributed by atoms with Gasteiger partial charge in [-0.3, -0.25) is 4.90 Å². The van der Waals surface area contributed by atoms with E-state index in [0.717, 1.165) is 22.8 Å². The van der Waals surface area contributed by atoms with Crippen molar-refractivity contribution in [3.63, 3.8) is 0 Å². The highest BCUT2D eigenvalue weighted by Gasteiger charge is 2.18. The first-order valence-corrected chi connectivity index (χ1v) is 8.51. The van der Waals surface area contributed by atoms with E-state index in [2.05, 4.69) is 4.90 Å². The molecule has 140 valence electrons. The fourth-order valence-corrected chi connectivity index (χ4v) is 2.98. The first-order chi connectivity index (χ1) is 13.2. The average Bonchev–Trinajstić information content (AvgIpc) is 3.42. The molecule has 7 heteroatoms. The molecule has 1 aliphatic heterocycles. The third kappa shape index (κ3) is 3.98. The maximum Gasteiger partial charge on any atom is 0.373 e. The fourth-order valence-electron chi connectivity index (χ4n) is 2.98. The second-order valence-corrected chi connectivity index (χ2v) is 6.17. The number of esters is 1. The van der Waals surface area contributed by atoms with Crippen molar-refractivity contribution in [2.24, 2.45) is 0 Å². The Kier molecular flexibility index (Phi) is 4.84. The highest BCUT2D eigenvalue weighted by Crippen LogP contribution is 2.33. The number of benzene rings is 1. The number of fused-ring (bicyclic) bond motifs is 1. The molecule has 3 heterocycles. The topological polar surface area (TPSA) is 74.3 Å². The minimum Gasteiger partial charge on any atom is -0.468 e. The number of rotatable bonds is 7. The van der Waals surface area contributed by atoms with Crippen molar-refractivity contribution in [2.75, 3.05) is 13.9 Å². The first-order valence-electron chi connectivity index (χ1n) is 8.51. The van der Waals surface area contributed by atoms with E-state index in [1.807, 2.05) is 30.3 Å². The Morgan fingerprint density at radius 2 is 1.89 bits per heavy atom. The summed E-state index contributed by atoms with van der Waals surface area (Å²) in [7, 11) is 1.33. The van der Waals surface area contributed by atoms with E-state index in [0.29, 0.717) is 25.4 Å². The number of carbonyl (C=O) groups excluding carboxylic acids is 1. The molecule has 3 aromatic rings. The van der Waals surface area contributed by atoms with Crippen molar-refractivity contribution in [1.82, 2.24) is 4.90 Å². The molecule has 2 aromatic heterocycles. The monoisotopic (exact) mass is 369 g/mol. The van der Waals surface area contributed by atoms with Crippen molar-refractivity contribution in [3.8, 4) is 11.5 Å². The van der Waals surface area contributed by atoms with Crippen molar-refractivity contribution in [3.05, 3.63) is 71.6 Å². The summed E-state index contributed by atoms with van der Waals surface area (Å²) in [4.78, 5) is 13.7. The van der Waals surface area contributed by atoms with Crippen LogP contribution in [0.25, 0.3) is 0 Å². The third-order valence-corrected chi connectivity index (χ3v) is 4.23. The summed E-state index contributed by atoms with van der Waals surface area (Å²) in [6.45, 7) is 1.99. The molecule has 27 heavy (non-hydrogen) atoms. The lowest BCUT2D eigenvalue weighted by Gasteiger charge is -2.20. The van der Waals surface area contributed by atoms with Gasteiger partial charge in [-0.05, 0) is 42.0 Å². The second kappa shape index (κ2) is 7.59. The molecule has 0 amide bonds. The minimum atomic E-state index is -0.491. The predicted octanol–water partition coefficient (Wildman–Crippen LogP) is 3.59. The summed E-state index contributed by atoms with van der Waals surface area (Å²) < 4.78 is 26.6. The Morgan fingerprint density at radius 3 is 2.70 bits per heavy atom. The molecule has 0 bridgehead atoms. The van der Waals surface area contributed by atoms with Gasteiger partial charge in [0, 0.05) is 6.54 Å². The number of methoxy groups -OCH3 is 1. The smallest absolute Gasteiger partial charge is 0.373 e. The molecule has 1 aliphatic rings. The normalized spacial score (nSPS) is 12.5. The fraction of sp³-hybridized carbons (Fsp3) is 0.250. The Hall–Kier alpha value is -3.19. The number of furan rings is 2. The number of hydrogen-bond acceptors (Lipinski definition) is 7. The molecule has 0 spiro atoms. The van der Waals surface area contributed by atoms with Crippen molar-refractivity contribution in [1.29, 1.82) is 0 Å². The Bertz CT molecular complexity index is 914. The van der Waals surface area contributed by atoms with Gasteiger partial charge in [0.1, 0.15) is 11.5 Å². The standard InChI is InChI=1S/C20H19NO6/c1-23-20(22)18-7-5-16(27-18)12-21(11-15-3-2-8-24-15)10-14-4-6-17-19(9-14)26-13-25-17/h2-9H,10-13H2,1H3. The molecule has 0 unspecified atom stereocenters. The van der Waals surface area contributed by atoms with Gasteiger partial charge in [0.15, 0.2) is 11.5 Å². The summed E-state index contributed by atoms with van der Waals surface area (Å²) in [5.41, 5.74) is 1.07. The Morgan fingerprint density at radius 1 is 1.04 bits per heavy atom. The Balaban J connectivity index is 1.51. The number of hydrogen-bond donors (Lipinski definition) is 0. The van der Waals surface area contributed by atoms with Crippen LogP contribution in [0.15, 0.2) is 57.6 Å². The van der Waals surface area contributed by atoms with Crippen LogP contribution in [-0.2, 0) is 24.4 Å². The third-order valence-electron chi connectivity index (χ3n) is 4.23. The molecular weight excluding hydrogens is 350 g/mol. The van der Waals surface area contributed by atoms with Crippen LogP contribution in [0.4, 0.5) is 0 Å². The predicted molar refractivity (Wildman–Crippen MR) is 94.3 cm³/mol. The quantitative estimate of drug-likeness (QED) is 0.589. The summed E-state index contributed by atoms with van der Waals surface area (Å²) in [5, 5.41) is 0. The highest BCUT2D eigenvalue weighted by molar-refractivity contribution is 5.86. The second-order valence-electron chi connectivity index (χ2n) is 6.17. The van der Waals surface area contributed by atoms with Crippen LogP contribution in [-0.4, -0.2) is 24.8 Å². The number of ether oxygens (including phenoxy) is 3. The van der Waals surface area contributed by atoms with Crippen LogP contribution >= 0.6 is 0 Å². The van der Waals surface area contributed by atoms with Gasteiger partial charge in [0.2, 0.25) is 12.6 Å². The van der Waals surface area contributed by atoms with Gasteiger partial charge in [-0.2, -0.15) is 0 Å². The van der Waals surface area contributed by atoms with Gasteiger partial charge < -0.3 is 23.0 Å². The van der Waals surface area contributed by atoms with Crippen LogP contribution in [0.5, 0.6) is 11.5 Å². The SMILES string of the molecule is COC(=O)c1ccc(CN(Cc2ccc3c(c2)OCO3)Cc2ccco2)o1. The molecule has 4 rings (SSSR count). The first kappa shape index (κ1) is 17.2. The van der Waals surface area contributed by atoms with Gasteiger partial charge in [0.05, 0.1) is 26.5 Å². The number of carbonyl (C=O) groups is 1. The molecule has 0 saturated carbocycles. The molecule has 0 radical (unpaired) electrons. The molecule has 0 aliphatic carbocycles. The van der Waals surface area contributed by atoms with Crippen LogP contribution in [0.2, 0.25) is 0 Å². The van der Waals surface area contributed by atoms with Gasteiger partial charge in [0.25, 0.3) is 0 Å². The molecule has 1 aromatic carbocycles. The molecule has 0 N–H and O–H groups in total. The van der Waals surface area contributed by atoms with Crippen molar-refractivity contribution in [2.45, 2.75) is 19.6 Å². The van der Waals surface area contributed by atoms with Gasteiger partial charge in [-0.25, -0.2) is 4.79 Å². The van der Waals surface area contributed by atoms with E-state index in [4.69, 9.17) is 23.0 Å². The number of nitrogens with zero attached hydrogens (tertiary/aromatic N) is 1. The molecular formula is C20H19NO6. The highest BCUT2D eigenvalue weighted by atomic mass is 16.7. The lowest BCUT2D eigenvalue weighted by molar-refractivity contribution is 0.0560. The zero-order valence-corrected chi connectivity index (χ0v) is 14.8. The molecule has 0 atom stereocenters. The van der Waals surface area contributed by atoms with Gasteiger partial charge >= 0.3 is 5.97 Å².